The van der Waals surface area contributed by atoms with Crippen molar-refractivity contribution in [2.24, 2.45) is 0 Å². The molecule has 162 valence electrons. The first-order valence-electron chi connectivity index (χ1n) is 10.3. The quantitative estimate of drug-likeness (QED) is 0.680. The SMILES string of the molecule is C[C@H](C(=O)NC1CCCCCC1)N1CCN(S(=O)(=O)c2c(Cl)cccc2Cl)CC1. The van der Waals surface area contributed by atoms with Crippen LogP contribution in [0.25, 0.3) is 0 Å². The van der Waals surface area contributed by atoms with E-state index in [1.807, 2.05) is 11.8 Å². The van der Waals surface area contributed by atoms with E-state index in [9.17, 15) is 13.2 Å². The van der Waals surface area contributed by atoms with E-state index in [0.29, 0.717) is 26.2 Å². The highest BCUT2D eigenvalue weighted by Crippen LogP contribution is 2.32. The summed E-state index contributed by atoms with van der Waals surface area (Å²) in [5.41, 5.74) is 0. The zero-order valence-electron chi connectivity index (χ0n) is 16.7. The Balaban J connectivity index is 1.58. The van der Waals surface area contributed by atoms with Gasteiger partial charge in [-0.1, -0.05) is 55.0 Å². The van der Waals surface area contributed by atoms with E-state index in [-0.39, 0.29) is 32.9 Å². The monoisotopic (exact) mass is 461 g/mol. The third-order valence-electron chi connectivity index (χ3n) is 5.92. The molecule has 0 bridgehead atoms. The molecule has 0 spiro atoms. The topological polar surface area (TPSA) is 69.7 Å². The van der Waals surface area contributed by atoms with Crippen molar-refractivity contribution in [1.29, 1.82) is 0 Å². The Kier molecular flexibility index (Phi) is 7.84. The Morgan fingerprint density at radius 1 is 1.03 bits per heavy atom. The number of rotatable bonds is 5. The summed E-state index contributed by atoms with van der Waals surface area (Å²) < 4.78 is 27.4. The molecule has 0 radical (unpaired) electrons. The minimum Gasteiger partial charge on any atom is -0.352 e. The zero-order valence-corrected chi connectivity index (χ0v) is 19.1. The van der Waals surface area contributed by atoms with Crippen LogP contribution in [-0.4, -0.2) is 61.8 Å². The minimum absolute atomic E-state index is 0.0300. The van der Waals surface area contributed by atoms with Gasteiger partial charge in [0, 0.05) is 32.2 Å². The van der Waals surface area contributed by atoms with E-state index in [2.05, 4.69) is 5.32 Å². The number of halogens is 2. The fourth-order valence-electron chi connectivity index (χ4n) is 4.10. The lowest BCUT2D eigenvalue weighted by Gasteiger charge is -2.37. The van der Waals surface area contributed by atoms with Crippen LogP contribution in [-0.2, 0) is 14.8 Å². The number of amides is 1. The van der Waals surface area contributed by atoms with Crippen LogP contribution in [0.4, 0.5) is 0 Å². The number of benzene rings is 1. The molecular weight excluding hydrogens is 433 g/mol. The van der Waals surface area contributed by atoms with Gasteiger partial charge >= 0.3 is 0 Å². The van der Waals surface area contributed by atoms with Crippen LogP contribution in [0.2, 0.25) is 10.0 Å². The van der Waals surface area contributed by atoms with Crippen LogP contribution in [0.5, 0.6) is 0 Å². The van der Waals surface area contributed by atoms with Gasteiger partial charge in [-0.3, -0.25) is 9.69 Å². The first kappa shape index (κ1) is 22.8. The van der Waals surface area contributed by atoms with E-state index in [1.54, 1.807) is 6.07 Å². The third-order valence-corrected chi connectivity index (χ3v) is 8.77. The highest BCUT2D eigenvalue weighted by Gasteiger charge is 2.34. The summed E-state index contributed by atoms with van der Waals surface area (Å²) >= 11 is 12.2. The molecule has 1 aromatic rings. The van der Waals surface area contributed by atoms with E-state index >= 15 is 0 Å². The number of carbonyl (C=O) groups excluding carboxylic acids is 1. The van der Waals surface area contributed by atoms with Crippen molar-refractivity contribution in [1.82, 2.24) is 14.5 Å². The standard InChI is InChI=1S/C20H29Cl2N3O3S/c1-15(20(26)23-16-7-4-2-3-5-8-16)24-11-13-25(14-12-24)29(27,28)19-17(21)9-6-10-18(19)22/h6,9-10,15-16H,2-5,7-8,11-14H2,1H3,(H,23,26)/t15-/m1/s1. The van der Waals surface area contributed by atoms with Crippen molar-refractivity contribution in [2.75, 3.05) is 26.2 Å². The Morgan fingerprint density at radius 3 is 2.14 bits per heavy atom. The smallest absolute Gasteiger partial charge is 0.246 e. The van der Waals surface area contributed by atoms with Crippen LogP contribution < -0.4 is 5.32 Å². The van der Waals surface area contributed by atoms with Gasteiger partial charge in [0.25, 0.3) is 0 Å². The van der Waals surface area contributed by atoms with Gasteiger partial charge < -0.3 is 5.32 Å². The van der Waals surface area contributed by atoms with Crippen molar-refractivity contribution in [2.45, 2.75) is 62.4 Å². The van der Waals surface area contributed by atoms with Gasteiger partial charge in [-0.15, -0.1) is 0 Å². The van der Waals surface area contributed by atoms with Crippen molar-refractivity contribution in [3.8, 4) is 0 Å². The molecule has 9 heteroatoms. The second-order valence-electron chi connectivity index (χ2n) is 7.86. The normalized spacial score (nSPS) is 21.5. The molecule has 1 aliphatic carbocycles. The molecule has 1 atom stereocenters. The second-order valence-corrected chi connectivity index (χ2v) is 10.6. The number of nitrogens with one attached hydrogen (secondary N) is 1. The molecule has 2 fully saturated rings. The van der Waals surface area contributed by atoms with Gasteiger partial charge in [0.05, 0.1) is 16.1 Å². The van der Waals surface area contributed by atoms with Crippen molar-refractivity contribution >= 4 is 39.1 Å². The van der Waals surface area contributed by atoms with Gasteiger partial charge in [0.2, 0.25) is 15.9 Å². The summed E-state index contributed by atoms with van der Waals surface area (Å²) in [5.74, 6) is 0.0300. The molecule has 0 aromatic heterocycles. The first-order valence-corrected chi connectivity index (χ1v) is 12.5. The molecule has 6 nitrogen and oxygen atoms in total. The predicted octanol–water partition coefficient (Wildman–Crippen LogP) is 3.53. The lowest BCUT2D eigenvalue weighted by molar-refractivity contribution is -0.127. The third kappa shape index (κ3) is 5.44. The summed E-state index contributed by atoms with van der Waals surface area (Å²) in [7, 11) is -3.78. The average molecular weight is 462 g/mol. The van der Waals surface area contributed by atoms with Crippen molar-refractivity contribution in [3.63, 3.8) is 0 Å². The summed E-state index contributed by atoms with van der Waals surface area (Å²) in [6.07, 6.45) is 6.91. The second kappa shape index (κ2) is 9.96. The number of hydrogen-bond donors (Lipinski definition) is 1. The van der Waals surface area contributed by atoms with E-state index in [1.165, 1.54) is 42.1 Å². The molecule has 0 unspecified atom stereocenters. The van der Waals surface area contributed by atoms with Gasteiger partial charge in [-0.25, -0.2) is 8.42 Å². The fourth-order valence-corrected chi connectivity index (χ4v) is 6.61. The molecule has 1 saturated heterocycles. The Labute approximate surface area is 183 Å². The highest BCUT2D eigenvalue weighted by atomic mass is 35.5. The maximum atomic E-state index is 13.0. The molecule has 1 aromatic carbocycles. The maximum Gasteiger partial charge on any atom is 0.246 e. The highest BCUT2D eigenvalue weighted by molar-refractivity contribution is 7.89. The first-order chi connectivity index (χ1) is 13.8. The van der Waals surface area contributed by atoms with Crippen LogP contribution in [0.1, 0.15) is 45.4 Å². The van der Waals surface area contributed by atoms with Crippen molar-refractivity contribution < 1.29 is 13.2 Å². The molecule has 1 heterocycles. The van der Waals surface area contributed by atoms with Crippen LogP contribution in [0, 0.1) is 0 Å². The molecule has 3 rings (SSSR count). The van der Waals surface area contributed by atoms with E-state index < -0.39 is 10.0 Å². The maximum absolute atomic E-state index is 13.0. The Hall–Kier alpha value is -0.860. The Bertz CT molecular complexity index is 798. The van der Waals surface area contributed by atoms with Gasteiger partial charge in [-0.05, 0) is 31.9 Å². The number of piperazine rings is 1. The lowest BCUT2D eigenvalue weighted by Crippen LogP contribution is -2.55. The lowest BCUT2D eigenvalue weighted by atomic mass is 10.1. The summed E-state index contributed by atoms with van der Waals surface area (Å²) in [5, 5.41) is 3.43. The number of hydrogen-bond acceptors (Lipinski definition) is 4. The fraction of sp³-hybridized carbons (Fsp3) is 0.650. The molecule has 1 aliphatic heterocycles. The molecule has 1 N–H and O–H groups in total. The number of carbonyl (C=O) groups is 1. The average Bonchev–Trinajstić information content (AvgIpc) is 2.96. The van der Waals surface area contributed by atoms with Gasteiger partial charge in [0.15, 0.2) is 0 Å². The number of sulfonamides is 1. The van der Waals surface area contributed by atoms with Crippen LogP contribution >= 0.6 is 23.2 Å². The zero-order chi connectivity index (χ0) is 21.0. The van der Waals surface area contributed by atoms with Crippen LogP contribution in [0.3, 0.4) is 0 Å². The minimum atomic E-state index is -3.78. The summed E-state index contributed by atoms with van der Waals surface area (Å²) in [6.45, 7) is 3.46. The molecule has 2 aliphatic rings. The number of nitrogens with zero attached hydrogens (tertiary/aromatic N) is 2. The molecule has 1 amide bonds. The summed E-state index contributed by atoms with van der Waals surface area (Å²) in [6, 6.07) is 4.65. The van der Waals surface area contributed by atoms with E-state index in [0.717, 1.165) is 12.8 Å². The van der Waals surface area contributed by atoms with E-state index in [4.69, 9.17) is 23.2 Å². The Morgan fingerprint density at radius 2 is 1.59 bits per heavy atom. The molecule has 29 heavy (non-hydrogen) atoms. The van der Waals surface area contributed by atoms with Gasteiger partial charge in [0.1, 0.15) is 4.90 Å². The molecular formula is C20H29Cl2N3O3S. The van der Waals surface area contributed by atoms with Gasteiger partial charge in [-0.2, -0.15) is 4.31 Å². The summed E-state index contributed by atoms with van der Waals surface area (Å²) in [4.78, 5) is 14.7. The molecule has 1 saturated carbocycles. The predicted molar refractivity (Wildman–Crippen MR) is 116 cm³/mol. The largest absolute Gasteiger partial charge is 0.352 e. The van der Waals surface area contributed by atoms with Crippen LogP contribution in [0.15, 0.2) is 23.1 Å². The van der Waals surface area contributed by atoms with Crippen molar-refractivity contribution in [3.05, 3.63) is 28.2 Å².